The highest BCUT2D eigenvalue weighted by Crippen LogP contribution is 2.31. The fourth-order valence-corrected chi connectivity index (χ4v) is 2.64. The van der Waals surface area contributed by atoms with Crippen molar-refractivity contribution in [3.63, 3.8) is 0 Å². The van der Waals surface area contributed by atoms with Crippen molar-refractivity contribution in [1.82, 2.24) is 4.98 Å². The second kappa shape index (κ2) is 9.97. The van der Waals surface area contributed by atoms with E-state index in [-0.39, 0.29) is 22.3 Å². The van der Waals surface area contributed by atoms with E-state index in [1.807, 2.05) is 0 Å². The van der Waals surface area contributed by atoms with Gasteiger partial charge in [-0.15, -0.1) is 0 Å². The lowest BCUT2D eigenvalue weighted by Gasteiger charge is -2.10. The van der Waals surface area contributed by atoms with Gasteiger partial charge in [0.25, 0.3) is 0 Å². The van der Waals surface area contributed by atoms with Crippen molar-refractivity contribution in [3.05, 3.63) is 53.7 Å². The molecular weight excluding hydrogens is 411 g/mol. The van der Waals surface area contributed by atoms with E-state index < -0.39 is 23.7 Å². The molecule has 0 unspecified atom stereocenters. The van der Waals surface area contributed by atoms with E-state index in [2.05, 4.69) is 9.72 Å². The molecule has 0 atom stereocenters. The Labute approximate surface area is 168 Å². The Balaban J connectivity index is 1.97. The summed E-state index contributed by atoms with van der Waals surface area (Å²) in [5.74, 6) is -0.885. The van der Waals surface area contributed by atoms with Crippen LogP contribution in [0.25, 0.3) is 6.08 Å². The molecule has 0 N–H and O–H groups in total. The van der Waals surface area contributed by atoms with Crippen LogP contribution in [0.15, 0.2) is 47.6 Å². The van der Waals surface area contributed by atoms with Crippen LogP contribution in [0, 0.1) is 0 Å². The summed E-state index contributed by atoms with van der Waals surface area (Å²) in [7, 11) is 2.65. The molecule has 0 radical (unpaired) electrons. The van der Waals surface area contributed by atoms with Crippen LogP contribution in [0.3, 0.4) is 0 Å². The first-order chi connectivity index (χ1) is 13.7. The SMILES string of the molecule is COC(=O)/C=C/c1ccc(OC(=O)CSc2ccc(C(F)(F)F)cn2)c(OC)c1. The lowest BCUT2D eigenvalue weighted by atomic mass is 10.2. The van der Waals surface area contributed by atoms with Crippen molar-refractivity contribution in [2.45, 2.75) is 11.2 Å². The van der Waals surface area contributed by atoms with E-state index in [9.17, 15) is 22.8 Å². The Bertz CT molecular complexity index is 898. The molecule has 1 heterocycles. The van der Waals surface area contributed by atoms with E-state index in [1.165, 1.54) is 38.5 Å². The molecule has 0 bridgehead atoms. The molecule has 0 spiro atoms. The minimum absolute atomic E-state index is 0.161. The highest BCUT2D eigenvalue weighted by atomic mass is 32.2. The number of ether oxygens (including phenoxy) is 3. The molecule has 0 amide bonds. The molecule has 6 nitrogen and oxygen atoms in total. The van der Waals surface area contributed by atoms with Crippen molar-refractivity contribution in [1.29, 1.82) is 0 Å². The predicted molar refractivity (Wildman–Crippen MR) is 99.6 cm³/mol. The van der Waals surface area contributed by atoms with Crippen LogP contribution in [-0.2, 0) is 20.5 Å². The van der Waals surface area contributed by atoms with Gasteiger partial charge < -0.3 is 14.2 Å². The van der Waals surface area contributed by atoms with Gasteiger partial charge in [0, 0.05) is 12.3 Å². The number of halogens is 3. The molecule has 0 aliphatic carbocycles. The number of aromatic nitrogens is 1. The predicted octanol–water partition coefficient (Wildman–Crippen LogP) is 3.99. The third-order valence-corrected chi connectivity index (χ3v) is 4.34. The van der Waals surface area contributed by atoms with Gasteiger partial charge in [-0.2, -0.15) is 13.2 Å². The Morgan fingerprint density at radius 2 is 1.90 bits per heavy atom. The van der Waals surface area contributed by atoms with Gasteiger partial charge in [-0.25, -0.2) is 9.78 Å². The molecule has 0 saturated heterocycles. The number of thioether (sulfide) groups is 1. The van der Waals surface area contributed by atoms with E-state index in [4.69, 9.17) is 9.47 Å². The van der Waals surface area contributed by atoms with Crippen LogP contribution >= 0.6 is 11.8 Å². The lowest BCUT2D eigenvalue weighted by Crippen LogP contribution is -2.11. The first kappa shape index (κ1) is 22.3. The van der Waals surface area contributed by atoms with Gasteiger partial charge in [0.05, 0.1) is 30.6 Å². The molecule has 2 aromatic rings. The highest BCUT2D eigenvalue weighted by molar-refractivity contribution is 7.99. The molecule has 1 aromatic carbocycles. The summed E-state index contributed by atoms with van der Waals surface area (Å²) in [6.07, 6.45) is -1.03. The number of hydrogen-bond donors (Lipinski definition) is 0. The van der Waals surface area contributed by atoms with Gasteiger partial charge in [-0.05, 0) is 35.9 Å². The smallest absolute Gasteiger partial charge is 0.417 e. The van der Waals surface area contributed by atoms with Crippen molar-refractivity contribution in [3.8, 4) is 11.5 Å². The number of pyridine rings is 1. The number of carbonyl (C=O) groups excluding carboxylic acids is 2. The van der Waals surface area contributed by atoms with Gasteiger partial charge in [0.2, 0.25) is 0 Å². The molecule has 0 saturated carbocycles. The minimum Gasteiger partial charge on any atom is -0.493 e. The Morgan fingerprint density at radius 1 is 1.14 bits per heavy atom. The van der Waals surface area contributed by atoms with Crippen LogP contribution in [0.2, 0.25) is 0 Å². The Hall–Kier alpha value is -3.01. The molecular formula is C19H16F3NO5S. The van der Waals surface area contributed by atoms with Crippen LogP contribution in [0.4, 0.5) is 13.2 Å². The molecule has 0 aliphatic rings. The van der Waals surface area contributed by atoms with E-state index in [1.54, 1.807) is 12.1 Å². The summed E-state index contributed by atoms with van der Waals surface area (Å²) in [6.45, 7) is 0. The van der Waals surface area contributed by atoms with Crippen LogP contribution < -0.4 is 9.47 Å². The zero-order valence-electron chi connectivity index (χ0n) is 15.4. The standard InChI is InChI=1S/C19H16F3NO5S/c1-26-15-9-12(4-8-17(24)27-2)3-6-14(15)28-18(25)11-29-16-7-5-13(10-23-16)19(20,21)22/h3-10H,11H2,1-2H3/b8-4+. The molecule has 0 fully saturated rings. The van der Waals surface area contributed by atoms with Crippen molar-refractivity contribution in [2.75, 3.05) is 20.0 Å². The molecule has 10 heteroatoms. The van der Waals surface area contributed by atoms with Crippen molar-refractivity contribution >= 4 is 29.8 Å². The van der Waals surface area contributed by atoms with Crippen LogP contribution in [-0.4, -0.2) is 36.9 Å². The summed E-state index contributed by atoms with van der Waals surface area (Å²) in [5, 5.41) is 0.255. The Morgan fingerprint density at radius 3 is 2.48 bits per heavy atom. The molecule has 2 rings (SSSR count). The van der Waals surface area contributed by atoms with Crippen LogP contribution in [0.1, 0.15) is 11.1 Å². The fraction of sp³-hybridized carbons (Fsp3) is 0.211. The average molecular weight is 427 g/mol. The van der Waals surface area contributed by atoms with Crippen LogP contribution in [0.5, 0.6) is 11.5 Å². The lowest BCUT2D eigenvalue weighted by molar-refractivity contribution is -0.138. The minimum atomic E-state index is -4.47. The van der Waals surface area contributed by atoms with Crippen molar-refractivity contribution in [2.24, 2.45) is 0 Å². The maximum absolute atomic E-state index is 12.5. The number of benzene rings is 1. The zero-order chi connectivity index (χ0) is 21.4. The summed E-state index contributed by atoms with van der Waals surface area (Å²) < 4.78 is 52.5. The van der Waals surface area contributed by atoms with Gasteiger partial charge >= 0.3 is 18.1 Å². The maximum Gasteiger partial charge on any atom is 0.417 e. The number of rotatable bonds is 7. The zero-order valence-corrected chi connectivity index (χ0v) is 16.2. The summed E-state index contributed by atoms with van der Waals surface area (Å²) >= 11 is 0.941. The molecule has 0 aliphatic heterocycles. The number of alkyl halides is 3. The van der Waals surface area contributed by atoms with Gasteiger partial charge in [0.1, 0.15) is 0 Å². The largest absolute Gasteiger partial charge is 0.493 e. The van der Waals surface area contributed by atoms with Gasteiger partial charge in [-0.3, -0.25) is 4.79 Å². The molecule has 29 heavy (non-hydrogen) atoms. The molecule has 154 valence electrons. The first-order valence-electron chi connectivity index (χ1n) is 8.03. The quantitative estimate of drug-likeness (QED) is 0.286. The van der Waals surface area contributed by atoms with Gasteiger partial charge in [0.15, 0.2) is 11.5 Å². The fourth-order valence-electron chi connectivity index (χ4n) is 2.02. The summed E-state index contributed by atoms with van der Waals surface area (Å²) in [5.41, 5.74) is -0.245. The average Bonchev–Trinajstić information content (AvgIpc) is 2.70. The van der Waals surface area contributed by atoms with E-state index in [0.29, 0.717) is 11.8 Å². The monoisotopic (exact) mass is 427 g/mol. The molecule has 1 aromatic heterocycles. The summed E-state index contributed by atoms with van der Waals surface area (Å²) in [4.78, 5) is 26.8. The van der Waals surface area contributed by atoms with Crippen molar-refractivity contribution < 1.29 is 37.0 Å². The first-order valence-corrected chi connectivity index (χ1v) is 9.02. The number of esters is 2. The third-order valence-electron chi connectivity index (χ3n) is 3.43. The second-order valence-electron chi connectivity index (χ2n) is 5.41. The Kier molecular flexibility index (Phi) is 7.66. The number of nitrogens with zero attached hydrogens (tertiary/aromatic N) is 1. The number of carbonyl (C=O) groups is 2. The topological polar surface area (TPSA) is 74.7 Å². The highest BCUT2D eigenvalue weighted by Gasteiger charge is 2.30. The van der Waals surface area contributed by atoms with E-state index in [0.717, 1.165) is 17.8 Å². The number of hydrogen-bond acceptors (Lipinski definition) is 7. The van der Waals surface area contributed by atoms with E-state index >= 15 is 0 Å². The third kappa shape index (κ3) is 6.83. The van der Waals surface area contributed by atoms with Gasteiger partial charge in [-0.1, -0.05) is 17.8 Å². The normalized spacial score (nSPS) is 11.3. The summed E-state index contributed by atoms with van der Waals surface area (Å²) in [6, 6.07) is 6.74. The maximum atomic E-state index is 12.5. The second-order valence-corrected chi connectivity index (χ2v) is 6.41. The number of methoxy groups -OCH3 is 2.